The van der Waals surface area contributed by atoms with Crippen molar-refractivity contribution in [2.45, 2.75) is 19.4 Å². The second kappa shape index (κ2) is 4.71. The molecule has 0 N–H and O–H groups in total. The maximum Gasteiger partial charge on any atom is 0.235 e. The normalized spacial score (nSPS) is 10.6. The van der Waals surface area contributed by atoms with Crippen LogP contribution in [0.25, 0.3) is 0 Å². The number of benzene rings is 1. The van der Waals surface area contributed by atoms with Gasteiger partial charge in [-0.1, -0.05) is 0 Å². The van der Waals surface area contributed by atoms with Crippen LogP contribution in [0.5, 0.6) is 5.75 Å². The predicted molar refractivity (Wildman–Crippen MR) is 54.1 cm³/mol. The molecule has 0 heterocycles. The van der Waals surface area contributed by atoms with Gasteiger partial charge in [0, 0.05) is 0 Å². The largest absolute Gasteiger partial charge is 0.491 e. The van der Waals surface area contributed by atoms with E-state index < -0.39 is 5.54 Å². The number of ether oxygens (including phenoxy) is 1. The van der Waals surface area contributed by atoms with Gasteiger partial charge in [-0.05, 0) is 38.1 Å². The van der Waals surface area contributed by atoms with Gasteiger partial charge in [-0.3, -0.25) is 0 Å². The maximum atomic E-state index is 12.6. The number of halogens is 1. The van der Waals surface area contributed by atoms with Crippen molar-refractivity contribution in [2.75, 3.05) is 6.61 Å². The summed E-state index contributed by atoms with van der Waals surface area (Å²) in [6.45, 7) is 3.75. The van der Waals surface area contributed by atoms with Crippen LogP contribution in [0.1, 0.15) is 13.8 Å². The van der Waals surface area contributed by atoms with Crippen LogP contribution in [0.15, 0.2) is 29.3 Å². The molecule has 0 atom stereocenters. The van der Waals surface area contributed by atoms with E-state index in [1.165, 1.54) is 30.3 Å². The molecular formula is C11H12FNO2. The van der Waals surface area contributed by atoms with Gasteiger partial charge in [-0.25, -0.2) is 9.18 Å². The minimum Gasteiger partial charge on any atom is -0.491 e. The lowest BCUT2D eigenvalue weighted by atomic mass is 10.1. The van der Waals surface area contributed by atoms with Crippen LogP contribution in [0, 0.1) is 5.82 Å². The fraction of sp³-hybridized carbons (Fsp3) is 0.364. The van der Waals surface area contributed by atoms with Gasteiger partial charge >= 0.3 is 0 Å². The fourth-order valence-corrected chi connectivity index (χ4v) is 0.947. The first-order valence-electron chi connectivity index (χ1n) is 4.51. The average Bonchev–Trinajstić information content (AvgIpc) is 2.17. The topological polar surface area (TPSA) is 38.7 Å². The second-order valence-corrected chi connectivity index (χ2v) is 3.76. The van der Waals surface area contributed by atoms with Crippen molar-refractivity contribution in [3.8, 4) is 5.75 Å². The number of rotatable bonds is 4. The minimum atomic E-state index is -0.615. The number of hydrogen-bond donors (Lipinski definition) is 0. The Morgan fingerprint density at radius 3 is 2.53 bits per heavy atom. The lowest BCUT2D eigenvalue weighted by Gasteiger charge is -2.17. The Morgan fingerprint density at radius 1 is 1.40 bits per heavy atom. The van der Waals surface area contributed by atoms with E-state index in [1.807, 2.05) is 0 Å². The third-order valence-electron chi connectivity index (χ3n) is 1.75. The lowest BCUT2D eigenvalue weighted by Crippen LogP contribution is -2.26. The van der Waals surface area contributed by atoms with Gasteiger partial charge in [0.15, 0.2) is 0 Å². The summed E-state index contributed by atoms with van der Waals surface area (Å²) in [5, 5.41) is 0. The molecule has 0 unspecified atom stereocenters. The van der Waals surface area contributed by atoms with Gasteiger partial charge in [0.2, 0.25) is 6.08 Å². The zero-order chi connectivity index (χ0) is 11.3. The van der Waals surface area contributed by atoms with Gasteiger partial charge in [0.1, 0.15) is 23.7 Å². The molecule has 4 heteroatoms. The number of nitrogens with zero attached hydrogens (tertiary/aromatic N) is 1. The van der Waals surface area contributed by atoms with E-state index in [2.05, 4.69) is 4.99 Å². The zero-order valence-corrected chi connectivity index (χ0v) is 8.66. The Hall–Kier alpha value is -1.67. The van der Waals surface area contributed by atoms with Crippen LogP contribution in [0.4, 0.5) is 4.39 Å². The monoisotopic (exact) mass is 209 g/mol. The molecule has 0 spiro atoms. The Kier molecular flexibility index (Phi) is 3.58. The van der Waals surface area contributed by atoms with E-state index >= 15 is 0 Å². The van der Waals surface area contributed by atoms with Crippen molar-refractivity contribution >= 4 is 6.08 Å². The summed E-state index contributed by atoms with van der Waals surface area (Å²) >= 11 is 0. The van der Waals surface area contributed by atoms with Crippen molar-refractivity contribution in [2.24, 2.45) is 4.99 Å². The molecule has 0 aliphatic rings. The van der Waals surface area contributed by atoms with Crippen molar-refractivity contribution < 1.29 is 13.9 Å². The van der Waals surface area contributed by atoms with E-state index in [0.29, 0.717) is 5.75 Å². The molecule has 1 aromatic rings. The molecule has 1 aromatic carbocycles. The third kappa shape index (κ3) is 3.92. The van der Waals surface area contributed by atoms with Crippen LogP contribution in [-0.4, -0.2) is 18.2 Å². The van der Waals surface area contributed by atoms with Crippen LogP contribution in [0.2, 0.25) is 0 Å². The molecule has 0 amide bonds. The van der Waals surface area contributed by atoms with Crippen LogP contribution >= 0.6 is 0 Å². The highest BCUT2D eigenvalue weighted by Gasteiger charge is 2.17. The molecular weight excluding hydrogens is 197 g/mol. The van der Waals surface area contributed by atoms with Crippen LogP contribution in [0.3, 0.4) is 0 Å². The Labute approximate surface area is 87.6 Å². The Balaban J connectivity index is 2.57. The van der Waals surface area contributed by atoms with Crippen molar-refractivity contribution in [3.63, 3.8) is 0 Å². The number of isocyanates is 1. The molecule has 0 saturated heterocycles. The first-order valence-corrected chi connectivity index (χ1v) is 4.51. The highest BCUT2D eigenvalue weighted by atomic mass is 19.1. The molecule has 0 aromatic heterocycles. The molecule has 80 valence electrons. The lowest BCUT2D eigenvalue weighted by molar-refractivity contribution is 0.244. The number of hydrogen-bond acceptors (Lipinski definition) is 3. The van der Waals surface area contributed by atoms with Crippen LogP contribution in [-0.2, 0) is 4.79 Å². The average molecular weight is 209 g/mol. The van der Waals surface area contributed by atoms with Crippen molar-refractivity contribution in [1.82, 2.24) is 0 Å². The van der Waals surface area contributed by atoms with Gasteiger partial charge in [-0.15, -0.1) is 0 Å². The van der Waals surface area contributed by atoms with Crippen LogP contribution < -0.4 is 4.74 Å². The summed E-state index contributed by atoms with van der Waals surface area (Å²) in [6, 6.07) is 5.67. The summed E-state index contributed by atoms with van der Waals surface area (Å²) in [5.41, 5.74) is -0.615. The van der Waals surface area contributed by atoms with Crippen molar-refractivity contribution in [3.05, 3.63) is 30.1 Å². The quantitative estimate of drug-likeness (QED) is 0.563. The third-order valence-corrected chi connectivity index (χ3v) is 1.75. The standard InChI is InChI=1S/C11H12FNO2/c1-11(2,13-8-14)7-15-10-5-3-9(12)4-6-10/h3-6H,7H2,1-2H3. The van der Waals surface area contributed by atoms with Gasteiger partial charge in [-0.2, -0.15) is 4.99 Å². The zero-order valence-electron chi connectivity index (χ0n) is 8.66. The number of aliphatic imine (C=N–C) groups is 1. The Morgan fingerprint density at radius 2 is 2.00 bits per heavy atom. The summed E-state index contributed by atoms with van der Waals surface area (Å²) in [4.78, 5) is 13.7. The highest BCUT2D eigenvalue weighted by Crippen LogP contribution is 2.15. The SMILES string of the molecule is CC(C)(COc1ccc(F)cc1)N=C=O. The summed E-state index contributed by atoms with van der Waals surface area (Å²) in [5.74, 6) is 0.234. The van der Waals surface area contributed by atoms with E-state index in [1.54, 1.807) is 13.8 Å². The molecule has 3 nitrogen and oxygen atoms in total. The van der Waals surface area contributed by atoms with Gasteiger partial charge in [0.25, 0.3) is 0 Å². The first kappa shape index (κ1) is 11.4. The molecule has 0 radical (unpaired) electrons. The predicted octanol–water partition coefficient (Wildman–Crippen LogP) is 2.32. The number of carbonyl (C=O) groups excluding carboxylic acids is 1. The maximum absolute atomic E-state index is 12.6. The van der Waals surface area contributed by atoms with E-state index in [4.69, 9.17) is 4.74 Å². The minimum absolute atomic E-state index is 0.244. The first-order chi connectivity index (χ1) is 7.03. The van der Waals surface area contributed by atoms with Crippen molar-refractivity contribution in [1.29, 1.82) is 0 Å². The summed E-state index contributed by atoms with van der Waals surface area (Å²) < 4.78 is 17.9. The molecule has 0 aliphatic heterocycles. The second-order valence-electron chi connectivity index (χ2n) is 3.76. The van der Waals surface area contributed by atoms with E-state index in [0.717, 1.165) is 0 Å². The summed E-state index contributed by atoms with van der Waals surface area (Å²) in [6.07, 6.45) is 1.49. The molecule has 0 bridgehead atoms. The fourth-order valence-electron chi connectivity index (χ4n) is 0.947. The van der Waals surface area contributed by atoms with Gasteiger partial charge < -0.3 is 4.74 Å². The highest BCUT2D eigenvalue weighted by molar-refractivity contribution is 5.34. The van der Waals surface area contributed by atoms with Gasteiger partial charge in [0.05, 0.1) is 0 Å². The molecule has 0 fully saturated rings. The van der Waals surface area contributed by atoms with E-state index in [9.17, 15) is 9.18 Å². The Bertz CT molecular complexity index is 367. The molecule has 0 saturated carbocycles. The molecule has 1 rings (SSSR count). The molecule has 0 aliphatic carbocycles. The summed E-state index contributed by atoms with van der Waals surface area (Å²) in [7, 11) is 0. The van der Waals surface area contributed by atoms with E-state index in [-0.39, 0.29) is 12.4 Å². The smallest absolute Gasteiger partial charge is 0.235 e. The molecule has 15 heavy (non-hydrogen) atoms.